The van der Waals surface area contributed by atoms with Crippen LogP contribution in [0.2, 0.25) is 0 Å². The van der Waals surface area contributed by atoms with Gasteiger partial charge in [-0.1, -0.05) is 0 Å². The number of aliphatic hydroxyl groups excluding tert-OH is 1. The molecule has 0 amide bonds. The minimum atomic E-state index is 0. The highest BCUT2D eigenvalue weighted by atomic mass is 79.9. The van der Waals surface area contributed by atoms with Gasteiger partial charge in [-0.15, -0.1) is 17.0 Å². The number of aliphatic hydroxyl groups is 1. The molecule has 3 nitrogen and oxygen atoms in total. The molecule has 0 atom stereocenters. The molecule has 0 unspecified atom stereocenters. The van der Waals surface area contributed by atoms with E-state index in [0.717, 1.165) is 20.3 Å². The molecular weight excluding hydrogens is 208 g/mol. The highest BCUT2D eigenvalue weighted by molar-refractivity contribution is 8.93. The van der Waals surface area contributed by atoms with Crippen molar-refractivity contribution in [2.24, 2.45) is 0 Å². The van der Waals surface area contributed by atoms with E-state index in [1.54, 1.807) is 0 Å². The van der Waals surface area contributed by atoms with Crippen LogP contribution in [0.1, 0.15) is 6.92 Å². The lowest BCUT2D eigenvalue weighted by Crippen LogP contribution is -2.21. The molecule has 1 rings (SSSR count). The Labute approximate surface area is 79.1 Å². The Hall–Kier alpha value is -0.220. The van der Waals surface area contributed by atoms with E-state index in [0.29, 0.717) is 0 Å². The van der Waals surface area contributed by atoms with Crippen molar-refractivity contribution in [3.8, 4) is 0 Å². The highest BCUT2D eigenvalue weighted by Gasteiger charge is 2.03. The Morgan fingerprint density at radius 3 is 2.09 bits per heavy atom. The lowest BCUT2D eigenvalue weighted by Gasteiger charge is -2.14. The molecule has 1 aliphatic rings. The molecule has 68 valence electrons. The van der Waals surface area contributed by atoms with Crippen LogP contribution in [0.15, 0.2) is 12.4 Å². The number of hydrogen-bond donors (Lipinski definition) is 1. The van der Waals surface area contributed by atoms with Crippen molar-refractivity contribution >= 4 is 17.0 Å². The van der Waals surface area contributed by atoms with Crippen LogP contribution in [-0.4, -0.2) is 42.3 Å². The van der Waals surface area contributed by atoms with Crippen LogP contribution in [0.25, 0.3) is 0 Å². The summed E-state index contributed by atoms with van der Waals surface area (Å²) in [5, 5.41) is 7.00. The molecule has 0 fully saturated rings. The highest BCUT2D eigenvalue weighted by Crippen LogP contribution is 2.00. The average molecular weight is 225 g/mol. The molecule has 1 aliphatic heterocycles. The minimum Gasteiger partial charge on any atom is -0.400 e. The summed E-state index contributed by atoms with van der Waals surface area (Å²) >= 11 is 0. The monoisotopic (exact) mass is 224 g/mol. The van der Waals surface area contributed by atoms with Crippen molar-refractivity contribution in [3.63, 3.8) is 0 Å². The molecular formula is C7H17BrN2O. The topological polar surface area (TPSA) is 26.7 Å². The minimum absolute atomic E-state index is 0. The summed E-state index contributed by atoms with van der Waals surface area (Å²) in [7, 11) is 3.08. The van der Waals surface area contributed by atoms with Crippen LogP contribution in [0.4, 0.5) is 0 Å². The van der Waals surface area contributed by atoms with Crippen LogP contribution in [-0.2, 0) is 0 Å². The molecule has 0 saturated heterocycles. The van der Waals surface area contributed by atoms with Crippen molar-refractivity contribution in [3.05, 3.63) is 12.4 Å². The maximum Gasteiger partial charge on any atom is 0.0890 e. The fourth-order valence-electron chi connectivity index (χ4n) is 0.794. The van der Waals surface area contributed by atoms with Crippen molar-refractivity contribution in [1.82, 2.24) is 9.80 Å². The van der Waals surface area contributed by atoms with Crippen molar-refractivity contribution < 1.29 is 5.11 Å². The first kappa shape index (κ1) is 13.4. The first-order chi connectivity index (χ1) is 4.83. The van der Waals surface area contributed by atoms with Crippen LogP contribution in [0.3, 0.4) is 0 Å². The lowest BCUT2D eigenvalue weighted by atomic mass is 10.6. The van der Waals surface area contributed by atoms with E-state index >= 15 is 0 Å². The third-order valence-corrected chi connectivity index (χ3v) is 1.34. The van der Waals surface area contributed by atoms with Crippen LogP contribution in [0, 0.1) is 0 Å². The van der Waals surface area contributed by atoms with E-state index in [1.807, 2.05) is 0 Å². The fraction of sp³-hybridized carbons (Fsp3) is 0.714. The zero-order chi connectivity index (χ0) is 7.98. The second-order valence-electron chi connectivity index (χ2n) is 2.10. The van der Waals surface area contributed by atoms with Gasteiger partial charge >= 0.3 is 0 Å². The molecule has 1 heterocycles. The summed E-state index contributed by atoms with van der Waals surface area (Å²) in [5.41, 5.74) is 0. The van der Waals surface area contributed by atoms with Gasteiger partial charge in [0.2, 0.25) is 0 Å². The SMILES string of the molecule is Br.CCN1C=CN(C)C1.CO. The second kappa shape index (κ2) is 7.88. The quantitative estimate of drug-likeness (QED) is 0.717. The average Bonchev–Trinajstić information content (AvgIpc) is 2.40. The molecule has 0 spiro atoms. The Kier molecular flexibility index (Phi) is 9.58. The summed E-state index contributed by atoms with van der Waals surface area (Å²) in [5.74, 6) is 0. The van der Waals surface area contributed by atoms with E-state index < -0.39 is 0 Å². The molecule has 0 aromatic carbocycles. The summed E-state index contributed by atoms with van der Waals surface area (Å²) in [4.78, 5) is 4.41. The van der Waals surface area contributed by atoms with Crippen LogP contribution < -0.4 is 0 Å². The zero-order valence-electron chi connectivity index (χ0n) is 7.32. The number of halogens is 1. The van der Waals surface area contributed by atoms with E-state index in [1.165, 1.54) is 0 Å². The predicted octanol–water partition coefficient (Wildman–Crippen LogP) is 0.869. The molecule has 0 bridgehead atoms. The van der Waals surface area contributed by atoms with Gasteiger partial charge in [-0.2, -0.15) is 0 Å². The number of hydrogen-bond acceptors (Lipinski definition) is 3. The summed E-state index contributed by atoms with van der Waals surface area (Å²) < 4.78 is 0. The summed E-state index contributed by atoms with van der Waals surface area (Å²) in [6.45, 7) is 4.32. The molecule has 0 aromatic rings. The van der Waals surface area contributed by atoms with Gasteiger partial charge in [-0.05, 0) is 6.92 Å². The van der Waals surface area contributed by atoms with E-state index in [2.05, 4.69) is 36.2 Å². The maximum atomic E-state index is 7.00. The Bertz CT molecular complexity index is 109. The van der Waals surface area contributed by atoms with Gasteiger partial charge in [0.25, 0.3) is 0 Å². The molecule has 0 radical (unpaired) electrons. The van der Waals surface area contributed by atoms with Gasteiger partial charge in [0.05, 0.1) is 6.67 Å². The lowest BCUT2D eigenvalue weighted by molar-refractivity contribution is 0.308. The predicted molar refractivity (Wildman–Crippen MR) is 52.6 cm³/mol. The van der Waals surface area contributed by atoms with Crippen LogP contribution in [0.5, 0.6) is 0 Å². The molecule has 0 saturated carbocycles. The molecule has 11 heavy (non-hydrogen) atoms. The van der Waals surface area contributed by atoms with E-state index in [4.69, 9.17) is 5.11 Å². The van der Waals surface area contributed by atoms with E-state index in [-0.39, 0.29) is 17.0 Å². The van der Waals surface area contributed by atoms with Crippen molar-refractivity contribution in [2.45, 2.75) is 6.92 Å². The first-order valence-corrected chi connectivity index (χ1v) is 3.40. The second-order valence-corrected chi connectivity index (χ2v) is 2.10. The third kappa shape index (κ3) is 5.09. The maximum absolute atomic E-state index is 7.00. The fourth-order valence-corrected chi connectivity index (χ4v) is 0.794. The van der Waals surface area contributed by atoms with Gasteiger partial charge in [-0.25, -0.2) is 0 Å². The van der Waals surface area contributed by atoms with Crippen molar-refractivity contribution in [2.75, 3.05) is 27.4 Å². The van der Waals surface area contributed by atoms with Gasteiger partial charge in [0.1, 0.15) is 0 Å². The number of nitrogens with zero attached hydrogens (tertiary/aromatic N) is 2. The van der Waals surface area contributed by atoms with Crippen molar-refractivity contribution in [1.29, 1.82) is 0 Å². The number of rotatable bonds is 1. The molecule has 0 aromatic heterocycles. The van der Waals surface area contributed by atoms with Gasteiger partial charge < -0.3 is 14.9 Å². The zero-order valence-corrected chi connectivity index (χ0v) is 9.03. The normalized spacial score (nSPS) is 13.8. The Morgan fingerprint density at radius 2 is 1.91 bits per heavy atom. The third-order valence-electron chi connectivity index (χ3n) is 1.34. The summed E-state index contributed by atoms with van der Waals surface area (Å²) in [6.07, 6.45) is 4.20. The molecule has 1 N–H and O–H groups in total. The van der Waals surface area contributed by atoms with E-state index in [9.17, 15) is 0 Å². The summed E-state index contributed by atoms with van der Waals surface area (Å²) in [6, 6.07) is 0. The standard InChI is InChI=1S/C6H12N2.CH4O.BrH/c1-3-8-5-4-7(2)6-8;1-2;/h4-5H,3,6H2,1-2H3;2H,1H3;1H. The van der Waals surface area contributed by atoms with Gasteiger partial charge in [-0.3, -0.25) is 0 Å². The van der Waals surface area contributed by atoms with Gasteiger partial charge in [0.15, 0.2) is 0 Å². The Morgan fingerprint density at radius 1 is 1.36 bits per heavy atom. The smallest absolute Gasteiger partial charge is 0.0890 e. The largest absolute Gasteiger partial charge is 0.400 e. The Balaban J connectivity index is 0. The first-order valence-electron chi connectivity index (χ1n) is 3.40. The van der Waals surface area contributed by atoms with Crippen LogP contribution >= 0.6 is 17.0 Å². The molecule has 0 aliphatic carbocycles. The molecule has 4 heteroatoms. The van der Waals surface area contributed by atoms with Gasteiger partial charge in [0, 0.05) is 33.1 Å².